The van der Waals surface area contributed by atoms with E-state index in [9.17, 15) is 9.18 Å². The summed E-state index contributed by atoms with van der Waals surface area (Å²) in [5.74, 6) is -0.152. The molecular weight excluding hydrogens is 429 g/mol. The highest BCUT2D eigenvalue weighted by molar-refractivity contribution is 8.00. The summed E-state index contributed by atoms with van der Waals surface area (Å²) in [6.07, 6.45) is 2.43. The van der Waals surface area contributed by atoms with E-state index in [-0.39, 0.29) is 17.0 Å². The molecule has 0 saturated carbocycles. The van der Waals surface area contributed by atoms with Crippen LogP contribution in [0.3, 0.4) is 0 Å². The van der Waals surface area contributed by atoms with Crippen molar-refractivity contribution in [1.82, 2.24) is 14.9 Å². The summed E-state index contributed by atoms with van der Waals surface area (Å²) in [6, 6.07) is 14.7. The molecule has 0 fully saturated rings. The lowest BCUT2D eigenvalue weighted by atomic mass is 10.00. The number of thiophene rings is 1. The number of nitrogens with zero attached hydrogens (tertiary/aromatic N) is 3. The Labute approximate surface area is 188 Å². The third-order valence-electron chi connectivity index (χ3n) is 5.57. The first-order valence-corrected chi connectivity index (χ1v) is 11.9. The average Bonchev–Trinajstić information content (AvgIpc) is 3.24. The number of hydrogen-bond donors (Lipinski definition) is 0. The lowest BCUT2D eigenvalue weighted by molar-refractivity contribution is -0.131. The van der Waals surface area contributed by atoms with Crippen molar-refractivity contribution in [2.45, 2.75) is 30.2 Å². The van der Waals surface area contributed by atoms with Gasteiger partial charge in [-0.15, -0.1) is 11.3 Å². The van der Waals surface area contributed by atoms with E-state index in [1.165, 1.54) is 46.4 Å². The molecule has 3 heterocycles. The van der Waals surface area contributed by atoms with Crippen molar-refractivity contribution in [2.24, 2.45) is 0 Å². The molecule has 5 rings (SSSR count). The number of thioether (sulfide) groups is 1. The van der Waals surface area contributed by atoms with Crippen LogP contribution in [-0.2, 0) is 17.8 Å². The Morgan fingerprint density at radius 2 is 1.90 bits per heavy atom. The van der Waals surface area contributed by atoms with Gasteiger partial charge in [0.25, 0.3) is 0 Å². The maximum absolute atomic E-state index is 13.4. The summed E-state index contributed by atoms with van der Waals surface area (Å²) in [5.41, 5.74) is 4.43. The smallest absolute Gasteiger partial charge is 0.236 e. The van der Waals surface area contributed by atoms with E-state index in [0.29, 0.717) is 6.54 Å². The van der Waals surface area contributed by atoms with Crippen LogP contribution in [0, 0.1) is 5.82 Å². The first-order valence-electron chi connectivity index (χ1n) is 10.1. The van der Waals surface area contributed by atoms with E-state index < -0.39 is 0 Å². The second kappa shape index (κ2) is 8.40. The van der Waals surface area contributed by atoms with Gasteiger partial charge in [0.2, 0.25) is 5.91 Å². The van der Waals surface area contributed by atoms with Crippen LogP contribution in [0.2, 0.25) is 0 Å². The Morgan fingerprint density at radius 1 is 1.13 bits per heavy atom. The van der Waals surface area contributed by atoms with Crippen LogP contribution >= 0.6 is 23.1 Å². The molecule has 1 aliphatic heterocycles. The van der Waals surface area contributed by atoms with E-state index >= 15 is 0 Å². The molecule has 0 radical (unpaired) electrons. The number of halogens is 1. The van der Waals surface area contributed by atoms with Crippen LogP contribution < -0.4 is 0 Å². The summed E-state index contributed by atoms with van der Waals surface area (Å²) in [5, 5.41) is 3.45. The standard InChI is InChI=1S/C24H20FN3OS2/c1-15(24(29)28-11-10-16-4-2-3-5-18(16)12-28)31-23-21-20(13-30-22(21)26-14-27-23)17-6-8-19(25)9-7-17/h2-9,13-15H,10-12H2,1H3. The fourth-order valence-corrected chi connectivity index (χ4v) is 5.94. The highest BCUT2D eigenvalue weighted by Crippen LogP contribution is 2.39. The quantitative estimate of drug-likeness (QED) is 0.302. The maximum atomic E-state index is 13.4. The van der Waals surface area contributed by atoms with E-state index in [1.54, 1.807) is 18.5 Å². The number of fused-ring (bicyclic) bond motifs is 2. The van der Waals surface area contributed by atoms with Crippen molar-refractivity contribution < 1.29 is 9.18 Å². The zero-order valence-electron chi connectivity index (χ0n) is 16.9. The molecule has 0 N–H and O–H groups in total. The van der Waals surface area contributed by atoms with Crippen molar-refractivity contribution >= 4 is 39.2 Å². The van der Waals surface area contributed by atoms with Gasteiger partial charge in [0.05, 0.1) is 10.6 Å². The zero-order valence-corrected chi connectivity index (χ0v) is 18.5. The lowest BCUT2D eigenvalue weighted by Crippen LogP contribution is -2.40. The largest absolute Gasteiger partial charge is 0.337 e. The molecule has 1 atom stereocenters. The van der Waals surface area contributed by atoms with Gasteiger partial charge in [0, 0.05) is 24.0 Å². The number of amides is 1. The zero-order chi connectivity index (χ0) is 21.4. The molecule has 4 nitrogen and oxygen atoms in total. The molecule has 1 aliphatic rings. The van der Waals surface area contributed by atoms with Gasteiger partial charge in [0.15, 0.2) is 0 Å². The van der Waals surface area contributed by atoms with Gasteiger partial charge < -0.3 is 4.90 Å². The van der Waals surface area contributed by atoms with E-state index in [4.69, 9.17) is 0 Å². The minimum absolute atomic E-state index is 0.116. The molecule has 0 aliphatic carbocycles. The van der Waals surface area contributed by atoms with E-state index in [1.807, 2.05) is 23.3 Å². The van der Waals surface area contributed by atoms with E-state index in [2.05, 4.69) is 28.2 Å². The number of hydrogen-bond acceptors (Lipinski definition) is 5. The molecule has 156 valence electrons. The second-order valence-electron chi connectivity index (χ2n) is 7.55. The molecule has 1 unspecified atom stereocenters. The topological polar surface area (TPSA) is 46.1 Å². The van der Waals surface area contributed by atoms with Crippen molar-refractivity contribution in [3.63, 3.8) is 0 Å². The molecule has 2 aromatic carbocycles. The van der Waals surface area contributed by atoms with Crippen molar-refractivity contribution in [3.8, 4) is 11.1 Å². The Kier molecular flexibility index (Phi) is 5.46. The number of rotatable bonds is 4. The third kappa shape index (κ3) is 3.95. The summed E-state index contributed by atoms with van der Waals surface area (Å²) < 4.78 is 13.4. The molecule has 0 bridgehead atoms. The molecular formula is C24H20FN3OS2. The van der Waals surface area contributed by atoms with Gasteiger partial charge in [-0.1, -0.05) is 48.2 Å². The summed E-state index contributed by atoms with van der Waals surface area (Å²) in [7, 11) is 0. The van der Waals surface area contributed by atoms with Gasteiger partial charge in [-0.25, -0.2) is 14.4 Å². The Balaban J connectivity index is 1.41. The van der Waals surface area contributed by atoms with Crippen LogP contribution in [0.5, 0.6) is 0 Å². The number of aromatic nitrogens is 2. The Morgan fingerprint density at radius 3 is 2.71 bits per heavy atom. The van der Waals surface area contributed by atoms with Crippen molar-refractivity contribution in [2.75, 3.05) is 6.54 Å². The molecule has 0 spiro atoms. The number of carbonyl (C=O) groups excluding carboxylic acids is 1. The first-order chi connectivity index (χ1) is 15.1. The van der Waals surface area contributed by atoms with Gasteiger partial charge in [0.1, 0.15) is 22.0 Å². The molecule has 2 aromatic heterocycles. The minimum atomic E-state index is -0.274. The molecule has 0 saturated heterocycles. The van der Waals surface area contributed by atoms with Crippen LogP contribution in [0.1, 0.15) is 18.1 Å². The van der Waals surface area contributed by atoms with Gasteiger partial charge >= 0.3 is 0 Å². The van der Waals surface area contributed by atoms with Crippen LogP contribution in [-0.4, -0.2) is 32.6 Å². The number of carbonyl (C=O) groups is 1. The monoisotopic (exact) mass is 449 g/mol. The third-order valence-corrected chi connectivity index (χ3v) is 7.54. The predicted octanol–water partition coefficient (Wildman–Crippen LogP) is 5.56. The average molecular weight is 450 g/mol. The SMILES string of the molecule is CC(Sc1ncnc2scc(-c3ccc(F)cc3)c12)C(=O)N1CCc2ccccc2C1. The van der Waals surface area contributed by atoms with Crippen molar-refractivity contribution in [3.05, 3.63) is 77.2 Å². The Bertz CT molecular complexity index is 1260. The summed E-state index contributed by atoms with van der Waals surface area (Å²) >= 11 is 2.99. The summed E-state index contributed by atoms with van der Waals surface area (Å²) in [4.78, 5) is 24.9. The van der Waals surface area contributed by atoms with Crippen LogP contribution in [0.4, 0.5) is 4.39 Å². The fourth-order valence-electron chi connectivity index (χ4n) is 3.94. The van der Waals surface area contributed by atoms with Gasteiger partial charge in [-0.3, -0.25) is 4.79 Å². The molecule has 31 heavy (non-hydrogen) atoms. The summed E-state index contributed by atoms with van der Waals surface area (Å²) in [6.45, 7) is 3.32. The van der Waals surface area contributed by atoms with Gasteiger partial charge in [-0.05, 0) is 42.2 Å². The highest BCUT2D eigenvalue weighted by Gasteiger charge is 2.26. The molecule has 4 aromatic rings. The second-order valence-corrected chi connectivity index (χ2v) is 9.74. The lowest BCUT2D eigenvalue weighted by Gasteiger charge is -2.30. The van der Waals surface area contributed by atoms with Gasteiger partial charge in [-0.2, -0.15) is 0 Å². The van der Waals surface area contributed by atoms with Crippen LogP contribution in [0.25, 0.3) is 21.3 Å². The first kappa shape index (κ1) is 20.2. The van der Waals surface area contributed by atoms with Crippen LogP contribution in [0.15, 0.2) is 65.3 Å². The normalized spacial score (nSPS) is 14.5. The maximum Gasteiger partial charge on any atom is 0.236 e. The molecule has 1 amide bonds. The predicted molar refractivity (Wildman–Crippen MR) is 124 cm³/mol. The molecule has 7 heteroatoms. The fraction of sp³-hybridized carbons (Fsp3) is 0.208. The highest BCUT2D eigenvalue weighted by atomic mass is 32.2. The number of benzene rings is 2. The Hall–Kier alpha value is -2.77. The van der Waals surface area contributed by atoms with Crippen molar-refractivity contribution in [1.29, 1.82) is 0 Å². The minimum Gasteiger partial charge on any atom is -0.337 e. The van der Waals surface area contributed by atoms with E-state index in [0.717, 1.165) is 39.3 Å².